The number of rotatable bonds is 6. The number of carbonyl (C=O) groups excluding carboxylic acids is 1. The molecule has 0 saturated heterocycles. The Hall–Kier alpha value is -0.650. The topological polar surface area (TPSA) is 54.0 Å². The Morgan fingerprint density at radius 1 is 1.69 bits per heavy atom. The van der Waals surface area contributed by atoms with Gasteiger partial charge in [0, 0.05) is 13.1 Å². The van der Waals surface area contributed by atoms with Crippen molar-refractivity contribution in [1.29, 1.82) is 0 Å². The Kier molecular flexibility index (Phi) is 5.73. The van der Waals surface area contributed by atoms with E-state index in [0.29, 0.717) is 17.4 Å². The zero-order valence-electron chi connectivity index (χ0n) is 9.42. The van der Waals surface area contributed by atoms with E-state index < -0.39 is 0 Å². The molecule has 4 nitrogen and oxygen atoms in total. The van der Waals surface area contributed by atoms with Gasteiger partial charge in [-0.1, -0.05) is 18.5 Å². The Bertz CT molecular complexity index is 343. The van der Waals surface area contributed by atoms with Crippen molar-refractivity contribution >= 4 is 28.8 Å². The van der Waals surface area contributed by atoms with E-state index in [-0.39, 0.29) is 11.9 Å². The van der Waals surface area contributed by atoms with E-state index in [9.17, 15) is 4.79 Å². The lowest BCUT2D eigenvalue weighted by Crippen LogP contribution is -2.42. The van der Waals surface area contributed by atoms with Crippen molar-refractivity contribution in [2.45, 2.75) is 32.9 Å². The zero-order valence-corrected chi connectivity index (χ0v) is 11.0. The van der Waals surface area contributed by atoms with Crippen molar-refractivity contribution < 1.29 is 4.79 Å². The molecular weight excluding hydrogens is 246 g/mol. The van der Waals surface area contributed by atoms with Crippen LogP contribution in [0.15, 0.2) is 6.20 Å². The van der Waals surface area contributed by atoms with Crippen LogP contribution >= 0.6 is 22.9 Å². The second-order valence-electron chi connectivity index (χ2n) is 3.45. The van der Waals surface area contributed by atoms with Crippen molar-refractivity contribution in [3.8, 4) is 0 Å². The quantitative estimate of drug-likeness (QED) is 0.821. The van der Waals surface area contributed by atoms with Crippen molar-refractivity contribution in [1.82, 2.24) is 15.6 Å². The molecule has 0 saturated carbocycles. The van der Waals surface area contributed by atoms with Crippen LogP contribution in [0.1, 0.15) is 25.3 Å². The highest BCUT2D eigenvalue weighted by Gasteiger charge is 2.11. The van der Waals surface area contributed by atoms with Crippen LogP contribution in [0, 0.1) is 0 Å². The summed E-state index contributed by atoms with van der Waals surface area (Å²) in [5.41, 5.74) is 0. The van der Waals surface area contributed by atoms with Gasteiger partial charge >= 0.3 is 0 Å². The van der Waals surface area contributed by atoms with Crippen LogP contribution in [0.3, 0.4) is 0 Å². The number of halogens is 1. The maximum atomic E-state index is 11.5. The second-order valence-corrected chi connectivity index (χ2v) is 5.20. The first-order valence-electron chi connectivity index (χ1n) is 5.24. The van der Waals surface area contributed by atoms with Crippen LogP contribution < -0.4 is 10.6 Å². The first-order chi connectivity index (χ1) is 7.63. The number of carbonyl (C=O) groups is 1. The molecule has 1 heterocycles. The number of amides is 1. The molecule has 1 amide bonds. The first kappa shape index (κ1) is 13.4. The maximum absolute atomic E-state index is 11.5. The van der Waals surface area contributed by atoms with Gasteiger partial charge in [0.25, 0.3) is 0 Å². The Morgan fingerprint density at radius 2 is 2.44 bits per heavy atom. The summed E-state index contributed by atoms with van der Waals surface area (Å²) in [5.74, 6) is 0.0181. The second kappa shape index (κ2) is 6.83. The molecule has 0 bridgehead atoms. The summed E-state index contributed by atoms with van der Waals surface area (Å²) in [6, 6.07) is -0.214. The van der Waals surface area contributed by atoms with Gasteiger partial charge < -0.3 is 5.32 Å². The molecule has 6 heteroatoms. The van der Waals surface area contributed by atoms with Gasteiger partial charge in [0.2, 0.25) is 5.91 Å². The molecule has 0 aliphatic carbocycles. The average Bonchev–Trinajstić information content (AvgIpc) is 2.68. The highest BCUT2D eigenvalue weighted by atomic mass is 35.5. The summed E-state index contributed by atoms with van der Waals surface area (Å²) in [5, 5.41) is 6.82. The van der Waals surface area contributed by atoms with Crippen LogP contribution in [0.2, 0.25) is 4.34 Å². The van der Waals surface area contributed by atoms with Gasteiger partial charge in [0.1, 0.15) is 9.34 Å². The van der Waals surface area contributed by atoms with Crippen LogP contribution in [-0.4, -0.2) is 23.5 Å². The van der Waals surface area contributed by atoms with E-state index in [4.69, 9.17) is 11.6 Å². The van der Waals surface area contributed by atoms with Crippen molar-refractivity contribution in [3.05, 3.63) is 15.5 Å². The lowest BCUT2D eigenvalue weighted by atomic mass is 10.3. The van der Waals surface area contributed by atoms with E-state index in [0.717, 1.165) is 11.4 Å². The fourth-order valence-electron chi connectivity index (χ4n) is 1.10. The number of nitrogens with zero attached hydrogens (tertiary/aromatic N) is 1. The SMILES string of the molecule is CCCNC(=O)C(C)NCc1ncc(Cl)s1. The Balaban J connectivity index is 2.29. The molecule has 1 unspecified atom stereocenters. The highest BCUT2D eigenvalue weighted by Crippen LogP contribution is 2.17. The van der Waals surface area contributed by atoms with Gasteiger partial charge in [-0.2, -0.15) is 0 Å². The van der Waals surface area contributed by atoms with E-state index >= 15 is 0 Å². The molecule has 0 aliphatic rings. The third kappa shape index (κ3) is 4.47. The van der Waals surface area contributed by atoms with Crippen LogP contribution in [-0.2, 0) is 11.3 Å². The minimum absolute atomic E-state index is 0.0181. The summed E-state index contributed by atoms with van der Waals surface area (Å²) in [6.07, 6.45) is 2.56. The van der Waals surface area contributed by atoms with E-state index in [2.05, 4.69) is 15.6 Å². The van der Waals surface area contributed by atoms with Crippen LogP contribution in [0.25, 0.3) is 0 Å². The van der Waals surface area contributed by atoms with Gasteiger partial charge in [-0.25, -0.2) is 4.98 Å². The minimum Gasteiger partial charge on any atom is -0.355 e. The Labute approximate surface area is 104 Å². The highest BCUT2D eigenvalue weighted by molar-refractivity contribution is 7.15. The molecule has 1 aromatic heterocycles. The third-order valence-corrected chi connectivity index (χ3v) is 3.14. The fraction of sp³-hybridized carbons (Fsp3) is 0.600. The van der Waals surface area contributed by atoms with Gasteiger partial charge in [-0.05, 0) is 13.3 Å². The predicted octanol–water partition coefficient (Wildman–Crippen LogP) is 1.80. The molecule has 1 rings (SSSR count). The third-order valence-electron chi connectivity index (χ3n) is 2.03. The molecule has 0 radical (unpaired) electrons. The van der Waals surface area contributed by atoms with Crippen LogP contribution in [0.5, 0.6) is 0 Å². The largest absolute Gasteiger partial charge is 0.355 e. The number of thiazole rings is 1. The zero-order chi connectivity index (χ0) is 12.0. The van der Waals surface area contributed by atoms with Crippen molar-refractivity contribution in [3.63, 3.8) is 0 Å². The maximum Gasteiger partial charge on any atom is 0.236 e. The van der Waals surface area contributed by atoms with Crippen LogP contribution in [0.4, 0.5) is 0 Å². The molecule has 90 valence electrons. The van der Waals surface area contributed by atoms with Gasteiger partial charge in [0.05, 0.1) is 12.2 Å². The number of hydrogen-bond donors (Lipinski definition) is 2. The average molecular weight is 262 g/mol. The molecule has 1 atom stereocenters. The van der Waals surface area contributed by atoms with Crippen molar-refractivity contribution in [2.24, 2.45) is 0 Å². The van der Waals surface area contributed by atoms with Gasteiger partial charge in [0.15, 0.2) is 0 Å². The van der Waals surface area contributed by atoms with Gasteiger partial charge in [-0.3, -0.25) is 10.1 Å². The van der Waals surface area contributed by atoms with Crippen molar-refractivity contribution in [2.75, 3.05) is 6.54 Å². The molecule has 16 heavy (non-hydrogen) atoms. The molecule has 0 spiro atoms. The smallest absolute Gasteiger partial charge is 0.236 e. The molecule has 0 aromatic carbocycles. The Morgan fingerprint density at radius 3 is 3.00 bits per heavy atom. The lowest BCUT2D eigenvalue weighted by molar-refractivity contribution is -0.122. The summed E-state index contributed by atoms with van der Waals surface area (Å²) in [6.45, 7) is 5.14. The summed E-state index contributed by atoms with van der Waals surface area (Å²) < 4.78 is 0.667. The lowest BCUT2D eigenvalue weighted by Gasteiger charge is -2.12. The normalized spacial score (nSPS) is 12.4. The molecule has 1 aromatic rings. The molecule has 0 aliphatic heterocycles. The summed E-state index contributed by atoms with van der Waals surface area (Å²) in [7, 11) is 0. The predicted molar refractivity (Wildman–Crippen MR) is 66.7 cm³/mol. The summed E-state index contributed by atoms with van der Waals surface area (Å²) >= 11 is 7.18. The standard InChI is InChI=1S/C10H16ClN3OS/c1-3-4-12-10(15)7(2)13-6-9-14-5-8(11)16-9/h5,7,13H,3-4,6H2,1-2H3,(H,12,15). The summed E-state index contributed by atoms with van der Waals surface area (Å²) in [4.78, 5) is 15.6. The molecule has 2 N–H and O–H groups in total. The molecule has 0 fully saturated rings. The van der Waals surface area contributed by atoms with Gasteiger partial charge in [-0.15, -0.1) is 11.3 Å². The number of aromatic nitrogens is 1. The number of hydrogen-bond acceptors (Lipinski definition) is 4. The fourth-order valence-corrected chi connectivity index (χ4v) is 2.01. The molecular formula is C10H16ClN3OS. The first-order valence-corrected chi connectivity index (χ1v) is 6.44. The minimum atomic E-state index is -0.214. The van der Waals surface area contributed by atoms with E-state index in [1.54, 1.807) is 6.20 Å². The monoisotopic (exact) mass is 261 g/mol. The van der Waals surface area contributed by atoms with E-state index in [1.165, 1.54) is 11.3 Å². The number of nitrogens with one attached hydrogen (secondary N) is 2. The van der Waals surface area contributed by atoms with E-state index in [1.807, 2.05) is 13.8 Å².